The van der Waals surface area contributed by atoms with E-state index in [1.54, 1.807) is 4.90 Å². The van der Waals surface area contributed by atoms with Gasteiger partial charge in [-0.05, 0) is 25.7 Å². The second-order valence-corrected chi connectivity index (χ2v) is 4.17. The molecule has 1 heterocycles. The average Bonchev–Trinajstić information content (AvgIpc) is 2.87. The summed E-state index contributed by atoms with van der Waals surface area (Å²) >= 11 is 0. The van der Waals surface area contributed by atoms with Crippen molar-refractivity contribution in [1.82, 2.24) is 4.90 Å². The highest BCUT2D eigenvalue weighted by Gasteiger charge is 2.53. The molecule has 0 radical (unpaired) electrons. The van der Waals surface area contributed by atoms with Gasteiger partial charge in [0.2, 0.25) is 5.91 Å². The van der Waals surface area contributed by atoms with E-state index in [9.17, 15) is 4.79 Å². The van der Waals surface area contributed by atoms with Crippen molar-refractivity contribution in [2.75, 3.05) is 13.2 Å². The zero-order valence-corrected chi connectivity index (χ0v) is 8.07. The first-order valence-electron chi connectivity index (χ1n) is 5.07. The summed E-state index contributed by atoms with van der Waals surface area (Å²) in [4.78, 5) is 13.6. The van der Waals surface area contributed by atoms with Gasteiger partial charge < -0.3 is 10.0 Å². The molecule has 1 amide bonds. The number of nitriles is 1. The van der Waals surface area contributed by atoms with E-state index < -0.39 is 5.41 Å². The van der Waals surface area contributed by atoms with E-state index >= 15 is 0 Å². The molecule has 1 saturated heterocycles. The normalized spacial score (nSPS) is 28.6. The molecule has 1 aliphatic carbocycles. The van der Waals surface area contributed by atoms with Gasteiger partial charge >= 0.3 is 0 Å². The molecule has 1 unspecified atom stereocenters. The Labute approximate surface area is 83.1 Å². The molecule has 1 N–H and O–H groups in total. The van der Waals surface area contributed by atoms with Crippen molar-refractivity contribution in [3.05, 3.63) is 0 Å². The summed E-state index contributed by atoms with van der Waals surface area (Å²) in [5.41, 5.74) is -0.724. The molecule has 1 aliphatic heterocycles. The molecule has 0 aromatic carbocycles. The zero-order chi connectivity index (χ0) is 10.2. The van der Waals surface area contributed by atoms with Gasteiger partial charge in [-0.25, -0.2) is 0 Å². The second kappa shape index (κ2) is 3.25. The van der Waals surface area contributed by atoms with Gasteiger partial charge in [0.05, 0.1) is 18.7 Å². The maximum absolute atomic E-state index is 11.9. The van der Waals surface area contributed by atoms with Gasteiger partial charge in [0, 0.05) is 6.54 Å². The van der Waals surface area contributed by atoms with Crippen molar-refractivity contribution in [3.63, 3.8) is 0 Å². The van der Waals surface area contributed by atoms with Gasteiger partial charge in [0.1, 0.15) is 5.41 Å². The highest BCUT2D eigenvalue weighted by atomic mass is 16.3. The van der Waals surface area contributed by atoms with E-state index in [4.69, 9.17) is 10.4 Å². The molecule has 76 valence electrons. The average molecular weight is 194 g/mol. The van der Waals surface area contributed by atoms with Crippen LogP contribution in [0.4, 0.5) is 0 Å². The number of carbonyl (C=O) groups excluding carboxylic acids is 1. The Balaban J connectivity index is 2.08. The van der Waals surface area contributed by atoms with Crippen molar-refractivity contribution >= 4 is 5.91 Å². The lowest BCUT2D eigenvalue weighted by Crippen LogP contribution is -2.41. The third-order valence-corrected chi connectivity index (χ3v) is 3.22. The first-order chi connectivity index (χ1) is 6.73. The largest absolute Gasteiger partial charge is 0.394 e. The number of aliphatic hydroxyl groups excluding tert-OH is 1. The lowest BCUT2D eigenvalue weighted by Gasteiger charge is -2.24. The Bertz CT molecular complexity index is 291. The quantitative estimate of drug-likeness (QED) is 0.686. The molecular formula is C10H14N2O2. The van der Waals surface area contributed by atoms with Crippen LogP contribution in [-0.4, -0.2) is 35.1 Å². The van der Waals surface area contributed by atoms with E-state index in [0.29, 0.717) is 19.4 Å². The van der Waals surface area contributed by atoms with Crippen LogP contribution in [0.15, 0.2) is 0 Å². The zero-order valence-electron chi connectivity index (χ0n) is 8.07. The van der Waals surface area contributed by atoms with E-state index in [2.05, 4.69) is 6.07 Å². The molecule has 1 atom stereocenters. The highest BCUT2D eigenvalue weighted by molar-refractivity contribution is 5.88. The molecule has 14 heavy (non-hydrogen) atoms. The minimum Gasteiger partial charge on any atom is -0.394 e. The lowest BCUT2D eigenvalue weighted by molar-refractivity contribution is -0.136. The first-order valence-corrected chi connectivity index (χ1v) is 5.07. The molecular weight excluding hydrogens is 180 g/mol. The molecule has 0 bridgehead atoms. The Morgan fingerprint density at radius 3 is 2.86 bits per heavy atom. The smallest absolute Gasteiger partial charge is 0.243 e. The summed E-state index contributed by atoms with van der Waals surface area (Å²) in [6.45, 7) is 0.723. The molecule has 0 aromatic heterocycles. The number of carbonyl (C=O) groups is 1. The summed E-state index contributed by atoms with van der Waals surface area (Å²) in [6.07, 6.45) is 3.19. The van der Waals surface area contributed by atoms with Crippen LogP contribution in [-0.2, 0) is 4.79 Å². The van der Waals surface area contributed by atoms with Crippen LogP contribution in [0.2, 0.25) is 0 Å². The van der Waals surface area contributed by atoms with E-state index in [0.717, 1.165) is 12.8 Å². The number of rotatable bonds is 2. The third-order valence-electron chi connectivity index (χ3n) is 3.22. The molecule has 2 aliphatic rings. The summed E-state index contributed by atoms with van der Waals surface area (Å²) in [5.74, 6) is -0.0587. The van der Waals surface area contributed by atoms with E-state index in [1.807, 2.05) is 0 Å². The van der Waals surface area contributed by atoms with Gasteiger partial charge in [0.25, 0.3) is 0 Å². The molecule has 0 spiro atoms. The second-order valence-electron chi connectivity index (χ2n) is 4.17. The maximum Gasteiger partial charge on any atom is 0.243 e. The van der Waals surface area contributed by atoms with Crippen LogP contribution in [0.1, 0.15) is 25.7 Å². The first kappa shape index (κ1) is 9.47. The maximum atomic E-state index is 11.9. The number of hydrogen-bond donors (Lipinski definition) is 1. The van der Waals surface area contributed by atoms with Gasteiger partial charge in [-0.1, -0.05) is 0 Å². The summed E-state index contributed by atoms with van der Waals surface area (Å²) in [5, 5.41) is 18.0. The Morgan fingerprint density at radius 1 is 1.64 bits per heavy atom. The van der Waals surface area contributed by atoms with Crippen LogP contribution >= 0.6 is 0 Å². The van der Waals surface area contributed by atoms with Gasteiger partial charge in [-0.15, -0.1) is 0 Å². The Hall–Kier alpha value is -1.08. The molecule has 0 aromatic rings. The van der Waals surface area contributed by atoms with Crippen LogP contribution in [0.5, 0.6) is 0 Å². The highest BCUT2D eigenvalue weighted by Crippen LogP contribution is 2.47. The van der Waals surface area contributed by atoms with Crippen LogP contribution < -0.4 is 0 Å². The number of likely N-dealkylation sites (tertiary alicyclic amines) is 1. The number of hydrogen-bond acceptors (Lipinski definition) is 3. The Morgan fingerprint density at radius 2 is 2.36 bits per heavy atom. The van der Waals surface area contributed by atoms with E-state index in [-0.39, 0.29) is 18.6 Å². The number of amides is 1. The third kappa shape index (κ3) is 1.28. The van der Waals surface area contributed by atoms with Crippen molar-refractivity contribution in [3.8, 4) is 6.07 Å². The fraction of sp³-hybridized carbons (Fsp3) is 0.800. The van der Waals surface area contributed by atoms with Crippen molar-refractivity contribution in [2.45, 2.75) is 31.7 Å². The van der Waals surface area contributed by atoms with Crippen molar-refractivity contribution in [2.24, 2.45) is 5.41 Å². The van der Waals surface area contributed by atoms with Crippen LogP contribution in [0, 0.1) is 16.7 Å². The molecule has 2 rings (SSSR count). The minimum atomic E-state index is -0.724. The van der Waals surface area contributed by atoms with Crippen molar-refractivity contribution in [1.29, 1.82) is 5.26 Å². The number of aliphatic hydroxyl groups is 1. The summed E-state index contributed by atoms with van der Waals surface area (Å²) < 4.78 is 0. The predicted octanol–water partition coefficient (Wildman–Crippen LogP) is 0.273. The van der Waals surface area contributed by atoms with Crippen LogP contribution in [0.25, 0.3) is 0 Å². The summed E-state index contributed by atoms with van der Waals surface area (Å²) in [6, 6.07) is 2.05. The van der Waals surface area contributed by atoms with Crippen LogP contribution in [0.3, 0.4) is 0 Å². The van der Waals surface area contributed by atoms with Crippen molar-refractivity contribution < 1.29 is 9.90 Å². The van der Waals surface area contributed by atoms with Gasteiger partial charge in [-0.3, -0.25) is 4.79 Å². The number of nitrogens with zero attached hydrogens (tertiary/aromatic N) is 2. The van der Waals surface area contributed by atoms with Gasteiger partial charge in [0.15, 0.2) is 0 Å². The predicted molar refractivity (Wildman–Crippen MR) is 49.1 cm³/mol. The topological polar surface area (TPSA) is 64.3 Å². The molecule has 1 saturated carbocycles. The summed E-state index contributed by atoms with van der Waals surface area (Å²) in [7, 11) is 0. The fourth-order valence-corrected chi connectivity index (χ4v) is 2.07. The Kier molecular flexibility index (Phi) is 2.20. The monoisotopic (exact) mass is 194 g/mol. The van der Waals surface area contributed by atoms with Gasteiger partial charge in [-0.2, -0.15) is 5.26 Å². The molecule has 2 fully saturated rings. The van der Waals surface area contributed by atoms with E-state index in [1.165, 1.54) is 0 Å². The minimum absolute atomic E-state index is 0.0211. The molecule has 4 nitrogen and oxygen atoms in total. The molecule has 4 heteroatoms. The standard InChI is InChI=1S/C10H14N2O2/c11-7-10(3-4-10)9(14)12-5-1-2-8(12)6-13/h8,13H,1-6H2. The SMILES string of the molecule is N#CC1(C(=O)N2CCCC2CO)CC1. The fourth-order valence-electron chi connectivity index (χ4n) is 2.07. The lowest BCUT2D eigenvalue weighted by atomic mass is 10.1.